The number of aliphatic hydroxyl groups is 1. The summed E-state index contributed by atoms with van der Waals surface area (Å²) in [6, 6.07) is 0. The molecule has 0 aromatic carbocycles. The Bertz CT molecular complexity index is 926. The Kier molecular flexibility index (Phi) is 6.57. The number of nitrogens with zero attached hydrogens (tertiary/aromatic N) is 1. The van der Waals surface area contributed by atoms with Crippen LogP contribution in [-0.2, 0) is 19.1 Å². The molecule has 2 aliphatic heterocycles. The summed E-state index contributed by atoms with van der Waals surface area (Å²) in [6.45, 7) is 13.2. The lowest BCUT2D eigenvalue weighted by molar-refractivity contribution is -0.227. The van der Waals surface area contributed by atoms with Crippen LogP contribution < -0.4 is 5.32 Å². The minimum absolute atomic E-state index is 0.124. The van der Waals surface area contributed by atoms with Gasteiger partial charge in [0.05, 0.1) is 17.6 Å². The van der Waals surface area contributed by atoms with Crippen molar-refractivity contribution < 1.29 is 29.0 Å². The molecule has 5 rings (SSSR count). The number of nitrogens with one attached hydrogen (secondary N) is 1. The zero-order valence-electron chi connectivity index (χ0n) is 22.5. The van der Waals surface area contributed by atoms with Crippen LogP contribution >= 0.6 is 0 Å². The van der Waals surface area contributed by atoms with Crippen molar-refractivity contribution in [1.29, 1.82) is 0 Å². The first-order chi connectivity index (χ1) is 17.0. The first kappa shape index (κ1) is 26.1. The van der Waals surface area contributed by atoms with Crippen molar-refractivity contribution in [2.75, 3.05) is 26.2 Å². The Balaban J connectivity index is 1.46. The number of carbonyl (C=O) groups is 3. The van der Waals surface area contributed by atoms with E-state index >= 15 is 0 Å². The van der Waals surface area contributed by atoms with Gasteiger partial charge in [-0.15, -0.1) is 0 Å². The van der Waals surface area contributed by atoms with E-state index in [1.807, 2.05) is 13.8 Å². The van der Waals surface area contributed by atoms with E-state index < -0.39 is 29.3 Å². The number of aliphatic hydroxyl groups excluding tert-OH is 1. The Morgan fingerprint density at radius 3 is 2.56 bits per heavy atom. The lowest BCUT2D eigenvalue weighted by Crippen LogP contribution is -2.65. The van der Waals surface area contributed by atoms with E-state index in [0.29, 0.717) is 25.5 Å². The van der Waals surface area contributed by atoms with Gasteiger partial charge in [0.15, 0.2) is 0 Å². The quantitative estimate of drug-likeness (QED) is 0.606. The summed E-state index contributed by atoms with van der Waals surface area (Å²) in [4.78, 5) is 42.0. The second kappa shape index (κ2) is 9.05. The molecule has 4 bridgehead atoms. The van der Waals surface area contributed by atoms with Crippen molar-refractivity contribution >= 4 is 17.8 Å². The third-order valence-electron chi connectivity index (χ3n) is 11.4. The molecule has 2 heterocycles. The smallest absolute Gasteiger partial charge is 0.414 e. The SMILES string of the molecule is CCO[C@]1(C)C[C@@H](OC(=O)NC(=O)[C@H]2CN3CCC2C3)[C@@]2(C)C3C(=O)CCC3(CC[C@H]2C)[C@@H](C)[C@@H]1O. The largest absolute Gasteiger partial charge is 0.445 e. The van der Waals surface area contributed by atoms with E-state index in [0.717, 1.165) is 38.8 Å². The number of ether oxygens (including phenoxy) is 2. The average molecular weight is 505 g/mol. The Morgan fingerprint density at radius 1 is 1.17 bits per heavy atom. The fourth-order valence-corrected chi connectivity index (χ4v) is 9.13. The standard InChI is InChI=1S/C28H44N2O6/c1-6-35-26(4)13-21(36-25(34)29-24(33)19-15-30-12-9-18(19)14-30)27(5)16(2)7-10-28(17(3)23(26)32)11-8-20(31)22(27)28/h16-19,21-23,32H,6-15H2,1-5H3,(H,29,33,34)/t16-,17+,18?,19+,21-,22?,23+,26-,27+,28?/m1/s1. The number of piperidine rings is 1. The minimum atomic E-state index is -0.942. The number of alkyl carbamates (subject to hydrolysis) is 1. The van der Waals surface area contributed by atoms with Crippen molar-refractivity contribution in [2.24, 2.45) is 40.4 Å². The number of fused-ring (bicyclic) bond motifs is 2. The van der Waals surface area contributed by atoms with Gasteiger partial charge in [0, 0.05) is 43.9 Å². The van der Waals surface area contributed by atoms with Crippen LogP contribution in [0, 0.1) is 40.4 Å². The highest BCUT2D eigenvalue weighted by Gasteiger charge is 2.68. The topological polar surface area (TPSA) is 105 Å². The van der Waals surface area contributed by atoms with E-state index in [4.69, 9.17) is 9.47 Å². The summed E-state index contributed by atoms with van der Waals surface area (Å²) < 4.78 is 12.3. The molecule has 0 aromatic heterocycles. The molecule has 5 aliphatic rings. The number of rotatable bonds is 4. The molecule has 2 amide bonds. The van der Waals surface area contributed by atoms with Gasteiger partial charge in [-0.25, -0.2) is 4.79 Å². The van der Waals surface area contributed by atoms with E-state index in [-0.39, 0.29) is 47.2 Å². The number of Topliss-reactive ketones (excluding diaryl/α,β-unsaturated/α-hetero) is 1. The van der Waals surface area contributed by atoms with Crippen LogP contribution in [0.3, 0.4) is 0 Å². The normalized spacial score (nSPS) is 49.8. The predicted molar refractivity (Wildman–Crippen MR) is 133 cm³/mol. The van der Waals surface area contributed by atoms with Gasteiger partial charge in [0.2, 0.25) is 5.91 Å². The van der Waals surface area contributed by atoms with Gasteiger partial charge in [-0.1, -0.05) is 20.8 Å². The van der Waals surface area contributed by atoms with Gasteiger partial charge in [-0.05, 0) is 69.2 Å². The highest BCUT2D eigenvalue weighted by atomic mass is 16.6. The molecular formula is C28H44N2O6. The number of hydrogen-bond donors (Lipinski definition) is 2. The third-order valence-corrected chi connectivity index (χ3v) is 11.4. The molecule has 3 aliphatic carbocycles. The van der Waals surface area contributed by atoms with Crippen LogP contribution in [-0.4, -0.2) is 71.8 Å². The van der Waals surface area contributed by atoms with E-state index in [9.17, 15) is 19.5 Å². The molecule has 0 spiro atoms. The molecule has 0 aromatic rings. The lowest BCUT2D eigenvalue weighted by Gasteiger charge is -2.61. The predicted octanol–water partition coefficient (Wildman–Crippen LogP) is 3.16. The van der Waals surface area contributed by atoms with Crippen LogP contribution in [0.2, 0.25) is 0 Å². The summed E-state index contributed by atoms with van der Waals surface area (Å²) in [5, 5.41) is 14.2. The number of hydrogen-bond acceptors (Lipinski definition) is 7. The highest BCUT2D eigenvalue weighted by molar-refractivity contribution is 5.93. The van der Waals surface area contributed by atoms with Crippen molar-refractivity contribution in [1.82, 2.24) is 10.2 Å². The Morgan fingerprint density at radius 2 is 1.92 bits per heavy atom. The summed E-state index contributed by atoms with van der Waals surface area (Å²) in [5.41, 5.74) is -1.90. The molecule has 4 unspecified atom stereocenters. The number of imide groups is 1. The van der Waals surface area contributed by atoms with Crippen molar-refractivity contribution in [2.45, 2.75) is 91.0 Å². The Hall–Kier alpha value is -1.51. The van der Waals surface area contributed by atoms with Crippen LogP contribution in [0.5, 0.6) is 0 Å². The maximum Gasteiger partial charge on any atom is 0.414 e. The highest BCUT2D eigenvalue weighted by Crippen LogP contribution is 2.67. The molecule has 5 fully saturated rings. The minimum Gasteiger partial charge on any atom is -0.445 e. The molecule has 0 radical (unpaired) electrons. The van der Waals surface area contributed by atoms with Crippen molar-refractivity contribution in [3.63, 3.8) is 0 Å². The van der Waals surface area contributed by atoms with Gasteiger partial charge in [0.25, 0.3) is 0 Å². The molecular weight excluding hydrogens is 460 g/mol. The molecule has 8 heteroatoms. The first-order valence-electron chi connectivity index (χ1n) is 14.0. The molecule has 8 nitrogen and oxygen atoms in total. The molecule has 202 valence electrons. The fourth-order valence-electron chi connectivity index (χ4n) is 9.13. The van der Waals surface area contributed by atoms with Gasteiger partial charge < -0.3 is 19.5 Å². The summed E-state index contributed by atoms with van der Waals surface area (Å²) >= 11 is 0. The number of amides is 2. The van der Waals surface area contributed by atoms with Gasteiger partial charge >= 0.3 is 6.09 Å². The van der Waals surface area contributed by atoms with Gasteiger partial charge in [0.1, 0.15) is 11.9 Å². The van der Waals surface area contributed by atoms with Crippen LogP contribution in [0.25, 0.3) is 0 Å². The summed E-state index contributed by atoms with van der Waals surface area (Å²) in [5.74, 6) is -0.231. The first-order valence-corrected chi connectivity index (χ1v) is 14.0. The average Bonchev–Trinajstić information content (AvgIpc) is 3.55. The second-order valence-corrected chi connectivity index (χ2v) is 12.9. The van der Waals surface area contributed by atoms with Gasteiger partial charge in [-0.2, -0.15) is 0 Å². The van der Waals surface area contributed by atoms with Crippen LogP contribution in [0.15, 0.2) is 0 Å². The summed E-state index contributed by atoms with van der Waals surface area (Å²) in [6.07, 6.45) is 2.05. The lowest BCUT2D eigenvalue weighted by atomic mass is 9.45. The molecule has 36 heavy (non-hydrogen) atoms. The zero-order valence-corrected chi connectivity index (χ0v) is 22.5. The van der Waals surface area contributed by atoms with E-state index in [2.05, 4.69) is 31.0 Å². The Labute approximate surface area is 214 Å². The molecule has 2 N–H and O–H groups in total. The molecule has 11 atom stereocenters. The zero-order chi connectivity index (χ0) is 26.0. The van der Waals surface area contributed by atoms with Crippen LogP contribution in [0.1, 0.15) is 73.1 Å². The second-order valence-electron chi connectivity index (χ2n) is 12.9. The van der Waals surface area contributed by atoms with Crippen LogP contribution in [0.4, 0.5) is 4.79 Å². The third kappa shape index (κ3) is 3.77. The summed E-state index contributed by atoms with van der Waals surface area (Å²) in [7, 11) is 0. The van der Waals surface area contributed by atoms with Crippen molar-refractivity contribution in [3.8, 4) is 0 Å². The van der Waals surface area contributed by atoms with Gasteiger partial charge in [-0.3, -0.25) is 14.9 Å². The van der Waals surface area contributed by atoms with E-state index in [1.165, 1.54) is 0 Å². The van der Waals surface area contributed by atoms with E-state index in [1.54, 1.807) is 0 Å². The fraction of sp³-hybridized carbons (Fsp3) is 0.893. The number of carbonyl (C=O) groups excluding carboxylic acids is 3. The molecule has 2 saturated heterocycles. The monoisotopic (exact) mass is 504 g/mol. The maximum absolute atomic E-state index is 13.5. The number of ketones is 1. The maximum atomic E-state index is 13.5. The molecule has 3 saturated carbocycles. The van der Waals surface area contributed by atoms with Crippen molar-refractivity contribution in [3.05, 3.63) is 0 Å².